The van der Waals surface area contributed by atoms with Gasteiger partial charge in [-0.25, -0.2) is 4.39 Å². The van der Waals surface area contributed by atoms with Crippen LogP contribution in [0.4, 0.5) is 4.39 Å². The Morgan fingerprint density at radius 1 is 1.47 bits per heavy atom. The average molecular weight is 319 g/mol. The Morgan fingerprint density at radius 2 is 2.20 bits per heavy atom. The first-order chi connectivity index (χ1) is 7.16. The minimum Gasteiger partial charge on any atom is -0.324 e. The number of nitrogens with two attached hydrogens (primary N) is 1. The summed E-state index contributed by atoms with van der Waals surface area (Å²) in [4.78, 5) is 0. The third kappa shape index (κ3) is 2.69. The second-order valence-corrected chi connectivity index (χ2v) is 5.47. The van der Waals surface area contributed by atoms with Gasteiger partial charge in [0.05, 0.1) is 0 Å². The van der Waals surface area contributed by atoms with Gasteiger partial charge in [-0.05, 0) is 52.6 Å². The van der Waals surface area contributed by atoms with Crippen LogP contribution >= 0.6 is 22.6 Å². The van der Waals surface area contributed by atoms with Crippen LogP contribution in [-0.2, 0) is 0 Å². The molecular formula is C12H15FIN. The Hall–Kier alpha value is -0.160. The van der Waals surface area contributed by atoms with E-state index in [1.807, 2.05) is 6.07 Å². The molecule has 1 unspecified atom stereocenters. The predicted molar refractivity (Wildman–Crippen MR) is 68.0 cm³/mol. The summed E-state index contributed by atoms with van der Waals surface area (Å²) in [5.74, 6) is 0.611. The van der Waals surface area contributed by atoms with Crippen molar-refractivity contribution in [2.45, 2.75) is 31.7 Å². The zero-order valence-corrected chi connectivity index (χ0v) is 10.7. The van der Waals surface area contributed by atoms with E-state index in [0.717, 1.165) is 21.5 Å². The second kappa shape index (κ2) is 4.78. The van der Waals surface area contributed by atoms with Gasteiger partial charge >= 0.3 is 0 Å². The topological polar surface area (TPSA) is 26.0 Å². The molecule has 0 bridgehead atoms. The Kier molecular flexibility index (Phi) is 3.61. The highest BCUT2D eigenvalue weighted by atomic mass is 127. The van der Waals surface area contributed by atoms with Crippen LogP contribution in [-0.4, -0.2) is 0 Å². The highest BCUT2D eigenvalue weighted by Gasteiger charge is 2.21. The summed E-state index contributed by atoms with van der Waals surface area (Å²) >= 11 is 2.16. The van der Waals surface area contributed by atoms with Crippen molar-refractivity contribution in [1.82, 2.24) is 0 Å². The van der Waals surface area contributed by atoms with Crippen LogP contribution in [0.3, 0.4) is 0 Å². The predicted octanol–water partition coefficient (Wildman–Crippen LogP) is 3.62. The summed E-state index contributed by atoms with van der Waals surface area (Å²) in [5, 5.41) is 0. The molecule has 1 aromatic rings. The van der Waals surface area contributed by atoms with Crippen LogP contribution in [0, 0.1) is 15.3 Å². The fourth-order valence-electron chi connectivity index (χ4n) is 2.02. The van der Waals surface area contributed by atoms with Gasteiger partial charge in [0, 0.05) is 9.61 Å². The molecule has 15 heavy (non-hydrogen) atoms. The summed E-state index contributed by atoms with van der Waals surface area (Å²) in [6.07, 6.45) is 5.01. The molecular weight excluding hydrogens is 304 g/mol. The Balaban J connectivity index is 2.06. The van der Waals surface area contributed by atoms with Gasteiger partial charge in [0.1, 0.15) is 5.82 Å². The minimum atomic E-state index is -0.181. The van der Waals surface area contributed by atoms with Crippen molar-refractivity contribution in [3.8, 4) is 0 Å². The van der Waals surface area contributed by atoms with E-state index in [4.69, 9.17) is 5.73 Å². The smallest absolute Gasteiger partial charge is 0.124 e. The fourth-order valence-corrected chi connectivity index (χ4v) is 2.89. The Labute approximate surface area is 103 Å². The normalized spacial score (nSPS) is 18.6. The summed E-state index contributed by atoms with van der Waals surface area (Å²) in [6.45, 7) is 0. The molecule has 1 saturated carbocycles. The van der Waals surface area contributed by atoms with Crippen molar-refractivity contribution in [2.24, 2.45) is 11.7 Å². The van der Waals surface area contributed by atoms with Crippen molar-refractivity contribution >= 4 is 22.6 Å². The minimum absolute atomic E-state index is 0.0720. The van der Waals surface area contributed by atoms with E-state index in [-0.39, 0.29) is 11.9 Å². The first-order valence-corrected chi connectivity index (χ1v) is 6.45. The summed E-state index contributed by atoms with van der Waals surface area (Å²) in [7, 11) is 0. The maximum atomic E-state index is 12.9. The molecule has 1 aromatic carbocycles. The van der Waals surface area contributed by atoms with Gasteiger partial charge in [-0.15, -0.1) is 0 Å². The monoisotopic (exact) mass is 319 g/mol. The first-order valence-electron chi connectivity index (χ1n) is 5.37. The van der Waals surface area contributed by atoms with Gasteiger partial charge in [0.15, 0.2) is 0 Å². The first kappa shape index (κ1) is 11.3. The highest BCUT2D eigenvalue weighted by molar-refractivity contribution is 14.1. The third-order valence-corrected chi connectivity index (χ3v) is 4.11. The molecule has 0 heterocycles. The van der Waals surface area contributed by atoms with Crippen molar-refractivity contribution in [3.63, 3.8) is 0 Å². The van der Waals surface area contributed by atoms with Gasteiger partial charge in [-0.2, -0.15) is 0 Å². The molecule has 1 nitrogen and oxygen atoms in total. The van der Waals surface area contributed by atoms with Gasteiger partial charge in [-0.1, -0.05) is 25.3 Å². The lowest BCUT2D eigenvalue weighted by Gasteiger charge is -2.28. The highest BCUT2D eigenvalue weighted by Crippen LogP contribution is 2.34. The molecule has 0 aromatic heterocycles. The quantitative estimate of drug-likeness (QED) is 0.846. The van der Waals surface area contributed by atoms with E-state index in [0.29, 0.717) is 0 Å². The lowest BCUT2D eigenvalue weighted by molar-refractivity contribution is 0.277. The lowest BCUT2D eigenvalue weighted by Crippen LogP contribution is -2.20. The van der Waals surface area contributed by atoms with Crippen LogP contribution in [0.2, 0.25) is 0 Å². The van der Waals surface area contributed by atoms with Crippen LogP contribution in [0.5, 0.6) is 0 Å². The van der Waals surface area contributed by atoms with Crippen molar-refractivity contribution in [1.29, 1.82) is 0 Å². The Morgan fingerprint density at radius 3 is 2.73 bits per heavy atom. The molecule has 0 saturated heterocycles. The number of hydrogen-bond donors (Lipinski definition) is 1. The summed E-state index contributed by atoms with van der Waals surface area (Å²) in [6, 6.07) is 4.94. The number of rotatable bonds is 3. The molecule has 0 radical (unpaired) electrons. The van der Waals surface area contributed by atoms with Gasteiger partial charge in [0.25, 0.3) is 0 Å². The fraction of sp³-hybridized carbons (Fsp3) is 0.500. The van der Waals surface area contributed by atoms with Crippen LogP contribution in [0.15, 0.2) is 18.2 Å². The van der Waals surface area contributed by atoms with E-state index in [9.17, 15) is 4.39 Å². The molecule has 0 amide bonds. The molecule has 82 valence electrons. The molecule has 1 aliphatic rings. The van der Waals surface area contributed by atoms with Gasteiger partial charge in [0.2, 0.25) is 0 Å². The summed E-state index contributed by atoms with van der Waals surface area (Å²) in [5.41, 5.74) is 7.22. The zero-order chi connectivity index (χ0) is 10.8. The van der Waals surface area contributed by atoms with E-state index < -0.39 is 0 Å². The Bertz CT molecular complexity index is 349. The van der Waals surface area contributed by atoms with Crippen molar-refractivity contribution in [3.05, 3.63) is 33.1 Å². The molecule has 0 aliphatic heterocycles. The number of hydrogen-bond acceptors (Lipinski definition) is 1. The lowest BCUT2D eigenvalue weighted by atomic mass is 9.80. The number of halogens is 2. The molecule has 1 fully saturated rings. The van der Waals surface area contributed by atoms with Gasteiger partial charge < -0.3 is 5.73 Å². The number of benzene rings is 1. The average Bonchev–Trinajstić information content (AvgIpc) is 2.11. The van der Waals surface area contributed by atoms with E-state index >= 15 is 0 Å². The molecule has 2 rings (SSSR count). The maximum absolute atomic E-state index is 12.9. The van der Waals surface area contributed by atoms with Crippen molar-refractivity contribution < 1.29 is 4.39 Å². The van der Waals surface area contributed by atoms with Gasteiger partial charge in [-0.3, -0.25) is 0 Å². The molecule has 1 aliphatic carbocycles. The third-order valence-electron chi connectivity index (χ3n) is 3.17. The molecule has 3 heteroatoms. The zero-order valence-electron chi connectivity index (χ0n) is 8.55. The van der Waals surface area contributed by atoms with Crippen molar-refractivity contribution in [2.75, 3.05) is 0 Å². The standard InChI is InChI=1S/C12H15FIN/c13-9-4-5-10(11(14)7-9)12(15)6-8-2-1-3-8/h4-5,7-8,12H,1-3,6,15H2. The SMILES string of the molecule is NC(CC1CCC1)c1ccc(F)cc1I. The summed E-state index contributed by atoms with van der Waals surface area (Å²) < 4.78 is 13.8. The van der Waals surface area contributed by atoms with Crippen LogP contribution < -0.4 is 5.73 Å². The maximum Gasteiger partial charge on any atom is 0.124 e. The van der Waals surface area contributed by atoms with E-state index in [1.165, 1.54) is 25.3 Å². The molecule has 1 atom stereocenters. The molecule has 0 spiro atoms. The van der Waals surface area contributed by atoms with E-state index in [2.05, 4.69) is 22.6 Å². The van der Waals surface area contributed by atoms with E-state index in [1.54, 1.807) is 6.07 Å². The van der Waals surface area contributed by atoms with Crippen LogP contribution in [0.25, 0.3) is 0 Å². The largest absolute Gasteiger partial charge is 0.324 e. The second-order valence-electron chi connectivity index (χ2n) is 4.30. The van der Waals surface area contributed by atoms with Crippen LogP contribution in [0.1, 0.15) is 37.3 Å². The molecule has 2 N–H and O–H groups in total.